The average Bonchev–Trinajstić information content (AvgIpc) is 3.08. The highest BCUT2D eigenvalue weighted by atomic mass is 19.3. The molecule has 6 nitrogen and oxygen atoms in total. The van der Waals surface area contributed by atoms with Gasteiger partial charge in [0.1, 0.15) is 11.5 Å². The summed E-state index contributed by atoms with van der Waals surface area (Å²) in [6.07, 6.45) is 1.39. The first kappa shape index (κ1) is 18.6. The number of hydrogen-bond acceptors (Lipinski definition) is 4. The molecule has 0 spiro atoms. The Morgan fingerprint density at radius 1 is 1.15 bits per heavy atom. The van der Waals surface area contributed by atoms with Gasteiger partial charge in [-0.05, 0) is 42.8 Å². The van der Waals surface area contributed by atoms with Gasteiger partial charge < -0.3 is 19.7 Å². The normalized spacial score (nSPS) is 13.7. The number of benzene rings is 2. The van der Waals surface area contributed by atoms with Crippen molar-refractivity contribution >= 4 is 23.2 Å². The van der Waals surface area contributed by atoms with E-state index in [4.69, 9.17) is 4.74 Å². The smallest absolute Gasteiger partial charge is 0.387 e. The van der Waals surface area contributed by atoms with Crippen LogP contribution in [0, 0.1) is 0 Å². The summed E-state index contributed by atoms with van der Waals surface area (Å²) in [5.41, 5.74) is 0.918. The Morgan fingerprint density at radius 2 is 1.89 bits per heavy atom. The van der Waals surface area contributed by atoms with Crippen LogP contribution in [0.15, 0.2) is 48.5 Å². The molecule has 2 amide bonds. The van der Waals surface area contributed by atoms with Gasteiger partial charge >= 0.3 is 6.61 Å². The van der Waals surface area contributed by atoms with Crippen LogP contribution in [0.3, 0.4) is 0 Å². The highest BCUT2D eigenvalue weighted by molar-refractivity contribution is 5.95. The summed E-state index contributed by atoms with van der Waals surface area (Å²) in [6, 6.07) is 12.7. The van der Waals surface area contributed by atoms with Crippen molar-refractivity contribution in [1.82, 2.24) is 0 Å². The minimum atomic E-state index is -2.99. The third kappa shape index (κ3) is 4.93. The number of rotatable bonds is 7. The molecule has 1 fully saturated rings. The van der Waals surface area contributed by atoms with Crippen molar-refractivity contribution in [2.75, 3.05) is 23.4 Å². The lowest BCUT2D eigenvalue weighted by Crippen LogP contribution is -2.23. The second-order valence-electron chi connectivity index (χ2n) is 5.85. The van der Waals surface area contributed by atoms with Gasteiger partial charge in [-0.1, -0.05) is 12.1 Å². The molecular weight excluding hydrogens is 358 g/mol. The number of nitrogens with one attached hydrogen (secondary N) is 1. The molecule has 1 N–H and O–H groups in total. The zero-order valence-electron chi connectivity index (χ0n) is 14.4. The summed E-state index contributed by atoms with van der Waals surface area (Å²) >= 11 is 0. The third-order valence-electron chi connectivity index (χ3n) is 3.97. The fourth-order valence-corrected chi connectivity index (χ4v) is 2.75. The van der Waals surface area contributed by atoms with Crippen molar-refractivity contribution in [1.29, 1.82) is 0 Å². The van der Waals surface area contributed by atoms with Crippen LogP contribution >= 0.6 is 0 Å². The van der Waals surface area contributed by atoms with Gasteiger partial charge in [-0.15, -0.1) is 0 Å². The molecule has 27 heavy (non-hydrogen) atoms. The Balaban J connectivity index is 1.54. The first-order valence-electron chi connectivity index (χ1n) is 8.40. The van der Waals surface area contributed by atoms with Crippen molar-refractivity contribution < 1.29 is 27.8 Å². The largest absolute Gasteiger partial charge is 0.484 e. The molecule has 0 aliphatic carbocycles. The lowest BCUT2D eigenvalue weighted by Gasteiger charge is -2.16. The summed E-state index contributed by atoms with van der Waals surface area (Å²) in [4.78, 5) is 25.4. The number of alkyl halides is 2. The molecule has 0 bridgehead atoms. The predicted octanol–water partition coefficient (Wildman–Crippen LogP) is 3.43. The molecule has 0 aromatic heterocycles. The lowest BCUT2D eigenvalue weighted by atomic mass is 10.3. The average molecular weight is 376 g/mol. The fourth-order valence-electron chi connectivity index (χ4n) is 2.75. The molecule has 1 aliphatic rings. The van der Waals surface area contributed by atoms with E-state index >= 15 is 0 Å². The molecule has 1 aliphatic heterocycles. The standard InChI is InChI=1S/C19H18F2N2O4/c20-19(21)27-16-5-2-1-4-15(16)22-17(24)12-26-14-9-7-13(8-10-14)23-11-3-6-18(23)25/h1-2,4-5,7-10,19H,3,6,11-12H2,(H,22,24). The number of amides is 2. The predicted molar refractivity (Wildman–Crippen MR) is 95.2 cm³/mol. The van der Waals surface area contributed by atoms with Crippen LogP contribution < -0.4 is 19.7 Å². The van der Waals surface area contributed by atoms with Crippen molar-refractivity contribution in [3.63, 3.8) is 0 Å². The molecule has 0 unspecified atom stereocenters. The molecule has 2 aromatic carbocycles. The van der Waals surface area contributed by atoms with Crippen molar-refractivity contribution in [2.45, 2.75) is 19.5 Å². The van der Waals surface area contributed by atoms with Crippen molar-refractivity contribution in [3.8, 4) is 11.5 Å². The van der Waals surface area contributed by atoms with E-state index in [0.29, 0.717) is 18.7 Å². The van der Waals surface area contributed by atoms with Gasteiger partial charge in [-0.3, -0.25) is 9.59 Å². The monoisotopic (exact) mass is 376 g/mol. The molecule has 1 heterocycles. The minimum absolute atomic E-state index is 0.0905. The zero-order valence-corrected chi connectivity index (χ0v) is 14.4. The van der Waals surface area contributed by atoms with Crippen LogP contribution in [-0.4, -0.2) is 31.6 Å². The van der Waals surface area contributed by atoms with Gasteiger partial charge in [-0.2, -0.15) is 8.78 Å². The number of nitrogens with zero attached hydrogens (tertiary/aromatic N) is 1. The molecule has 1 saturated heterocycles. The van der Waals surface area contributed by atoms with E-state index in [1.165, 1.54) is 18.2 Å². The van der Waals surface area contributed by atoms with Gasteiger partial charge in [0.05, 0.1) is 5.69 Å². The van der Waals surface area contributed by atoms with Gasteiger partial charge in [0.15, 0.2) is 6.61 Å². The zero-order chi connectivity index (χ0) is 19.2. The topological polar surface area (TPSA) is 67.9 Å². The number of para-hydroxylation sites is 2. The van der Waals surface area contributed by atoms with Crippen LogP contribution in [0.5, 0.6) is 11.5 Å². The van der Waals surface area contributed by atoms with E-state index < -0.39 is 12.5 Å². The van der Waals surface area contributed by atoms with Crippen LogP contribution in [0.2, 0.25) is 0 Å². The molecule has 2 aromatic rings. The van der Waals surface area contributed by atoms with E-state index in [0.717, 1.165) is 12.1 Å². The molecule has 0 radical (unpaired) electrons. The second kappa shape index (κ2) is 8.48. The third-order valence-corrected chi connectivity index (χ3v) is 3.97. The number of halogens is 2. The van der Waals surface area contributed by atoms with Gasteiger partial charge in [0.25, 0.3) is 5.91 Å². The summed E-state index contributed by atoms with van der Waals surface area (Å²) in [5, 5.41) is 2.47. The van der Waals surface area contributed by atoms with E-state index in [1.54, 1.807) is 35.2 Å². The summed E-state index contributed by atoms with van der Waals surface area (Å²) in [7, 11) is 0. The Hall–Kier alpha value is -3.16. The molecule has 3 rings (SSSR count). The number of carbonyl (C=O) groups excluding carboxylic acids is 2. The van der Waals surface area contributed by atoms with Crippen LogP contribution in [0.25, 0.3) is 0 Å². The van der Waals surface area contributed by atoms with E-state index in [1.807, 2.05) is 0 Å². The Bertz CT molecular complexity index is 812. The minimum Gasteiger partial charge on any atom is -0.484 e. The molecular formula is C19H18F2N2O4. The maximum Gasteiger partial charge on any atom is 0.387 e. The molecule has 142 valence electrons. The SMILES string of the molecule is O=C(COc1ccc(N2CCCC2=O)cc1)Nc1ccccc1OC(F)F. The van der Waals surface area contributed by atoms with E-state index in [-0.39, 0.29) is 24.0 Å². The first-order valence-corrected chi connectivity index (χ1v) is 8.40. The Labute approximate surface area is 154 Å². The highest BCUT2D eigenvalue weighted by Gasteiger charge is 2.21. The number of anilines is 2. The molecule has 8 heteroatoms. The van der Waals surface area contributed by atoms with Crippen molar-refractivity contribution in [2.24, 2.45) is 0 Å². The lowest BCUT2D eigenvalue weighted by molar-refractivity contribution is -0.118. The molecule has 0 saturated carbocycles. The van der Waals surface area contributed by atoms with E-state index in [2.05, 4.69) is 10.1 Å². The maximum absolute atomic E-state index is 12.4. The van der Waals surface area contributed by atoms with Gasteiger partial charge in [0, 0.05) is 18.7 Å². The summed E-state index contributed by atoms with van der Waals surface area (Å²) in [5.74, 6) is -0.0926. The summed E-state index contributed by atoms with van der Waals surface area (Å²) in [6.45, 7) is -2.59. The van der Waals surface area contributed by atoms with Gasteiger partial charge in [0.2, 0.25) is 5.91 Å². The maximum atomic E-state index is 12.4. The highest BCUT2D eigenvalue weighted by Crippen LogP contribution is 2.26. The number of ether oxygens (including phenoxy) is 2. The quantitative estimate of drug-likeness (QED) is 0.804. The molecule has 0 atom stereocenters. The van der Waals surface area contributed by atoms with Gasteiger partial charge in [-0.25, -0.2) is 0 Å². The Kier molecular flexibility index (Phi) is 5.85. The first-order chi connectivity index (χ1) is 13.0. The fraction of sp³-hybridized carbons (Fsp3) is 0.263. The van der Waals surface area contributed by atoms with Crippen LogP contribution in [0.1, 0.15) is 12.8 Å². The Morgan fingerprint density at radius 3 is 2.56 bits per heavy atom. The summed E-state index contributed by atoms with van der Waals surface area (Å²) < 4.78 is 34.5. The van der Waals surface area contributed by atoms with Crippen LogP contribution in [0.4, 0.5) is 20.2 Å². The number of carbonyl (C=O) groups is 2. The van der Waals surface area contributed by atoms with Crippen LogP contribution in [-0.2, 0) is 9.59 Å². The number of hydrogen-bond donors (Lipinski definition) is 1. The second-order valence-corrected chi connectivity index (χ2v) is 5.85. The van der Waals surface area contributed by atoms with E-state index in [9.17, 15) is 18.4 Å². The van der Waals surface area contributed by atoms with Crippen molar-refractivity contribution in [3.05, 3.63) is 48.5 Å².